The number of benzene rings is 2. The number of nitrogens with one attached hydrogen (secondary N) is 1. The van der Waals surface area contributed by atoms with E-state index in [1.807, 2.05) is 44.2 Å². The largest absolute Gasteiger partial charge is 0.496 e. The second-order valence-corrected chi connectivity index (χ2v) is 5.74. The average molecular weight is 340 g/mol. The van der Waals surface area contributed by atoms with Gasteiger partial charge >= 0.3 is 0 Å². The fourth-order valence-electron chi connectivity index (χ4n) is 2.52. The molecule has 6 heteroatoms. The molecule has 1 atom stereocenters. The summed E-state index contributed by atoms with van der Waals surface area (Å²) in [6.07, 6.45) is -0.745. The lowest BCUT2D eigenvalue weighted by Gasteiger charge is -2.24. The molecule has 0 aliphatic carbocycles. The van der Waals surface area contributed by atoms with E-state index in [2.05, 4.69) is 10.5 Å². The van der Waals surface area contributed by atoms with Crippen molar-refractivity contribution in [2.75, 3.05) is 13.7 Å². The molecular formula is C19H20N2O4. The van der Waals surface area contributed by atoms with Gasteiger partial charge in [-0.1, -0.05) is 23.8 Å². The van der Waals surface area contributed by atoms with E-state index in [1.54, 1.807) is 19.2 Å². The minimum atomic E-state index is -0.745. The first-order valence-corrected chi connectivity index (χ1v) is 7.96. The molecule has 25 heavy (non-hydrogen) atoms. The number of rotatable bonds is 4. The fraction of sp³-hybridized carbons (Fsp3) is 0.263. The number of carbonyl (C=O) groups excluding carboxylic acids is 1. The Bertz CT molecular complexity index is 817. The highest BCUT2D eigenvalue weighted by molar-refractivity contribution is 6.01. The summed E-state index contributed by atoms with van der Waals surface area (Å²) in [6, 6.07) is 13.0. The molecule has 0 saturated heterocycles. The molecule has 1 N–H and O–H groups in total. The number of amides is 1. The molecule has 1 amide bonds. The lowest BCUT2D eigenvalue weighted by Crippen LogP contribution is -2.42. The maximum Gasteiger partial charge on any atom is 0.284 e. The third-order valence-corrected chi connectivity index (χ3v) is 3.88. The van der Waals surface area contributed by atoms with Crippen molar-refractivity contribution in [1.82, 2.24) is 5.43 Å². The first-order chi connectivity index (χ1) is 12.1. The molecule has 3 rings (SSSR count). The van der Waals surface area contributed by atoms with Crippen LogP contribution in [0.15, 0.2) is 47.6 Å². The Labute approximate surface area is 146 Å². The van der Waals surface area contributed by atoms with Gasteiger partial charge in [-0.2, -0.15) is 5.10 Å². The van der Waals surface area contributed by atoms with Crippen LogP contribution in [0.5, 0.6) is 17.2 Å². The number of aryl methyl sites for hydroxylation is 1. The van der Waals surface area contributed by atoms with Gasteiger partial charge in [-0.15, -0.1) is 0 Å². The zero-order chi connectivity index (χ0) is 17.8. The molecule has 1 aliphatic heterocycles. The third kappa shape index (κ3) is 3.74. The summed E-state index contributed by atoms with van der Waals surface area (Å²) in [5.41, 5.74) is 5.09. The molecule has 6 nitrogen and oxygen atoms in total. The number of fused-ring (bicyclic) bond motifs is 1. The zero-order valence-corrected chi connectivity index (χ0v) is 14.4. The monoisotopic (exact) mass is 340 g/mol. The number of ether oxygens (including phenoxy) is 3. The van der Waals surface area contributed by atoms with Crippen LogP contribution in [0.1, 0.15) is 18.1 Å². The Hall–Kier alpha value is -3.02. The number of hydrazone groups is 1. The molecule has 0 spiro atoms. The summed E-state index contributed by atoms with van der Waals surface area (Å²) in [6.45, 7) is 3.94. The number of carbonyl (C=O) groups is 1. The topological polar surface area (TPSA) is 69.2 Å². The molecule has 1 heterocycles. The third-order valence-electron chi connectivity index (χ3n) is 3.88. The molecular weight excluding hydrogens is 320 g/mol. The van der Waals surface area contributed by atoms with E-state index in [9.17, 15) is 4.79 Å². The molecule has 0 aromatic heterocycles. The van der Waals surface area contributed by atoms with Crippen LogP contribution in [-0.2, 0) is 4.79 Å². The van der Waals surface area contributed by atoms with Crippen molar-refractivity contribution >= 4 is 11.6 Å². The van der Waals surface area contributed by atoms with Crippen LogP contribution in [0.2, 0.25) is 0 Å². The maximum atomic E-state index is 12.3. The van der Waals surface area contributed by atoms with Crippen molar-refractivity contribution in [2.45, 2.75) is 20.0 Å². The van der Waals surface area contributed by atoms with Crippen LogP contribution < -0.4 is 19.6 Å². The number of nitrogens with zero attached hydrogens (tertiary/aromatic N) is 1. The highest BCUT2D eigenvalue weighted by Gasteiger charge is 2.27. The summed E-state index contributed by atoms with van der Waals surface area (Å²) in [7, 11) is 1.60. The lowest BCUT2D eigenvalue weighted by molar-refractivity contribution is -0.130. The molecule has 0 fully saturated rings. The minimum absolute atomic E-state index is 0.144. The van der Waals surface area contributed by atoms with Crippen LogP contribution in [0, 0.1) is 6.92 Å². The Morgan fingerprint density at radius 2 is 2.00 bits per heavy atom. The Morgan fingerprint density at radius 1 is 1.24 bits per heavy atom. The van der Waals surface area contributed by atoms with Gasteiger partial charge in [-0.05, 0) is 38.1 Å². The molecule has 0 saturated carbocycles. The van der Waals surface area contributed by atoms with Gasteiger partial charge in [0.05, 0.1) is 12.8 Å². The second-order valence-electron chi connectivity index (χ2n) is 5.74. The van der Waals surface area contributed by atoms with Gasteiger partial charge in [0.25, 0.3) is 5.91 Å². The van der Waals surface area contributed by atoms with Gasteiger partial charge in [0, 0.05) is 5.56 Å². The quantitative estimate of drug-likeness (QED) is 0.686. The van der Waals surface area contributed by atoms with Crippen molar-refractivity contribution in [3.63, 3.8) is 0 Å². The fourth-order valence-corrected chi connectivity index (χ4v) is 2.52. The molecule has 0 unspecified atom stereocenters. The molecule has 0 bridgehead atoms. The van der Waals surface area contributed by atoms with Gasteiger partial charge < -0.3 is 14.2 Å². The van der Waals surface area contributed by atoms with Crippen molar-refractivity contribution < 1.29 is 19.0 Å². The van der Waals surface area contributed by atoms with Gasteiger partial charge in [-0.3, -0.25) is 4.79 Å². The van der Waals surface area contributed by atoms with Gasteiger partial charge in [-0.25, -0.2) is 5.43 Å². The first kappa shape index (κ1) is 16.8. The molecule has 130 valence electrons. The van der Waals surface area contributed by atoms with Crippen molar-refractivity contribution in [1.29, 1.82) is 0 Å². The zero-order valence-electron chi connectivity index (χ0n) is 14.4. The maximum absolute atomic E-state index is 12.3. The number of hydrogen-bond donors (Lipinski definition) is 1. The predicted octanol–water partition coefficient (Wildman–Crippen LogP) is 2.68. The molecule has 2 aromatic rings. The van der Waals surface area contributed by atoms with Gasteiger partial charge in [0.1, 0.15) is 12.4 Å². The van der Waals surface area contributed by atoms with Crippen molar-refractivity contribution in [2.24, 2.45) is 5.10 Å². The van der Waals surface area contributed by atoms with E-state index in [0.29, 0.717) is 23.0 Å². The second kappa shape index (κ2) is 7.25. The van der Waals surface area contributed by atoms with E-state index < -0.39 is 6.10 Å². The van der Waals surface area contributed by atoms with Crippen LogP contribution in [0.4, 0.5) is 0 Å². The lowest BCUT2D eigenvalue weighted by atomic mass is 10.1. The highest BCUT2D eigenvalue weighted by atomic mass is 16.6. The van der Waals surface area contributed by atoms with Crippen LogP contribution in [0.25, 0.3) is 0 Å². The minimum Gasteiger partial charge on any atom is -0.496 e. The average Bonchev–Trinajstić information content (AvgIpc) is 2.65. The Kier molecular flexibility index (Phi) is 4.88. The summed E-state index contributed by atoms with van der Waals surface area (Å²) in [5, 5.41) is 4.18. The van der Waals surface area contributed by atoms with E-state index >= 15 is 0 Å². The SMILES string of the molecule is COc1ccc(C)cc1/C(C)=N\NC(=O)[C@H]1COc2ccccc2O1. The first-order valence-electron chi connectivity index (χ1n) is 7.96. The Morgan fingerprint density at radius 3 is 2.76 bits per heavy atom. The predicted molar refractivity (Wildman–Crippen MR) is 94.4 cm³/mol. The van der Waals surface area contributed by atoms with Crippen LogP contribution in [0.3, 0.4) is 0 Å². The van der Waals surface area contributed by atoms with E-state index in [-0.39, 0.29) is 12.5 Å². The molecule has 0 radical (unpaired) electrons. The normalized spacial score (nSPS) is 16.3. The summed E-state index contributed by atoms with van der Waals surface area (Å²) in [4.78, 5) is 12.3. The number of methoxy groups -OCH3 is 1. The summed E-state index contributed by atoms with van der Waals surface area (Å²) < 4.78 is 16.6. The van der Waals surface area contributed by atoms with Gasteiger partial charge in [0.2, 0.25) is 6.10 Å². The van der Waals surface area contributed by atoms with E-state index in [1.165, 1.54) is 0 Å². The number of hydrogen-bond acceptors (Lipinski definition) is 5. The molecule has 1 aliphatic rings. The standard InChI is InChI=1S/C19H20N2O4/c1-12-8-9-15(23-3)14(10-12)13(2)20-21-19(22)18-11-24-16-6-4-5-7-17(16)25-18/h4-10,18H,11H2,1-3H3,(H,21,22)/b20-13-/t18-/m1/s1. The summed E-state index contributed by atoms with van der Waals surface area (Å²) >= 11 is 0. The van der Waals surface area contributed by atoms with Crippen molar-refractivity contribution in [3.05, 3.63) is 53.6 Å². The Balaban J connectivity index is 1.70. The van der Waals surface area contributed by atoms with Gasteiger partial charge in [0.15, 0.2) is 11.5 Å². The van der Waals surface area contributed by atoms with E-state index in [4.69, 9.17) is 14.2 Å². The smallest absolute Gasteiger partial charge is 0.284 e. The summed E-state index contributed by atoms with van der Waals surface area (Å²) in [5.74, 6) is 1.53. The van der Waals surface area contributed by atoms with Crippen molar-refractivity contribution in [3.8, 4) is 17.2 Å². The highest BCUT2D eigenvalue weighted by Crippen LogP contribution is 2.30. The molecule has 2 aromatic carbocycles. The number of para-hydroxylation sites is 2. The van der Waals surface area contributed by atoms with Crippen LogP contribution >= 0.6 is 0 Å². The van der Waals surface area contributed by atoms with Crippen LogP contribution in [-0.4, -0.2) is 31.4 Å². The van der Waals surface area contributed by atoms with E-state index in [0.717, 1.165) is 11.1 Å².